The summed E-state index contributed by atoms with van der Waals surface area (Å²) in [5, 5.41) is 29.8. The van der Waals surface area contributed by atoms with Crippen molar-refractivity contribution in [2.45, 2.75) is 24.5 Å². The van der Waals surface area contributed by atoms with Crippen LogP contribution in [-0.2, 0) is 4.74 Å². The Labute approximate surface area is 104 Å². The molecule has 96 valence electrons. The molecule has 1 saturated heterocycles. The average molecular weight is 249 g/mol. The van der Waals surface area contributed by atoms with E-state index in [2.05, 4.69) is 0 Å². The van der Waals surface area contributed by atoms with Gasteiger partial charge in [-0.1, -0.05) is 18.2 Å². The van der Waals surface area contributed by atoms with Crippen LogP contribution in [0.3, 0.4) is 0 Å². The Bertz CT molecular complexity index is 553. The molecule has 3 rings (SSSR count). The second-order valence-electron chi connectivity index (χ2n) is 4.51. The molecule has 1 aliphatic rings. The lowest BCUT2D eigenvalue weighted by Gasteiger charge is -2.17. The number of rotatable bonds is 2. The summed E-state index contributed by atoms with van der Waals surface area (Å²) in [5.74, 6) is 0. The number of hydrogen-bond acceptors (Lipinski definition) is 4. The predicted molar refractivity (Wildman–Crippen MR) is 64.9 cm³/mol. The lowest BCUT2D eigenvalue weighted by molar-refractivity contribution is -0.0506. The molecule has 0 saturated carbocycles. The third-order valence-corrected chi connectivity index (χ3v) is 3.42. The van der Waals surface area contributed by atoms with Gasteiger partial charge in [-0.2, -0.15) is 0 Å². The van der Waals surface area contributed by atoms with Crippen molar-refractivity contribution in [2.24, 2.45) is 0 Å². The van der Waals surface area contributed by atoms with E-state index in [1.807, 2.05) is 36.5 Å². The first-order valence-electron chi connectivity index (χ1n) is 5.90. The second kappa shape index (κ2) is 4.37. The molecule has 3 N–H and O–H groups in total. The summed E-state index contributed by atoms with van der Waals surface area (Å²) in [6, 6.07) is 9.64. The van der Waals surface area contributed by atoms with Crippen LogP contribution in [0, 0.1) is 0 Å². The van der Waals surface area contributed by atoms with E-state index in [0.29, 0.717) is 0 Å². The summed E-state index contributed by atoms with van der Waals surface area (Å²) in [5.41, 5.74) is 0.923. The molecule has 1 aromatic heterocycles. The Balaban J connectivity index is 2.00. The molecule has 4 atom stereocenters. The quantitative estimate of drug-likeness (QED) is 0.713. The Morgan fingerprint density at radius 1 is 1.11 bits per heavy atom. The van der Waals surface area contributed by atoms with E-state index in [1.54, 1.807) is 4.57 Å². The fourth-order valence-corrected chi connectivity index (χ4v) is 2.44. The van der Waals surface area contributed by atoms with E-state index >= 15 is 0 Å². The van der Waals surface area contributed by atoms with Crippen molar-refractivity contribution < 1.29 is 20.1 Å². The predicted octanol–water partition coefficient (Wildman–Crippen LogP) is 0.253. The van der Waals surface area contributed by atoms with E-state index in [4.69, 9.17) is 9.84 Å². The Hall–Kier alpha value is -1.40. The van der Waals surface area contributed by atoms with Gasteiger partial charge in [-0.25, -0.2) is 0 Å². The van der Waals surface area contributed by atoms with E-state index in [9.17, 15) is 10.2 Å². The molecule has 0 bridgehead atoms. The van der Waals surface area contributed by atoms with Crippen molar-refractivity contribution in [3.63, 3.8) is 0 Å². The highest BCUT2D eigenvalue weighted by atomic mass is 16.6. The molecular formula is C13H15NO4. The van der Waals surface area contributed by atoms with Crippen LogP contribution in [0.4, 0.5) is 0 Å². The number of hydrogen-bond donors (Lipinski definition) is 3. The number of nitrogens with zero attached hydrogens (tertiary/aromatic N) is 1. The molecule has 4 unspecified atom stereocenters. The van der Waals surface area contributed by atoms with Crippen molar-refractivity contribution in [3.05, 3.63) is 36.5 Å². The molecule has 5 heteroatoms. The van der Waals surface area contributed by atoms with Gasteiger partial charge < -0.3 is 24.6 Å². The van der Waals surface area contributed by atoms with Crippen LogP contribution in [0.1, 0.15) is 6.23 Å². The third-order valence-electron chi connectivity index (χ3n) is 3.42. The number of fused-ring (bicyclic) bond motifs is 1. The van der Waals surface area contributed by atoms with Crippen molar-refractivity contribution in [1.29, 1.82) is 0 Å². The zero-order valence-corrected chi connectivity index (χ0v) is 9.68. The Kier molecular flexibility index (Phi) is 2.83. The van der Waals surface area contributed by atoms with E-state index in [0.717, 1.165) is 10.9 Å². The molecule has 2 aromatic rings. The number of aliphatic hydroxyl groups excluding tert-OH is 3. The van der Waals surface area contributed by atoms with Gasteiger partial charge in [-0.05, 0) is 17.5 Å². The topological polar surface area (TPSA) is 74.9 Å². The van der Waals surface area contributed by atoms with Crippen LogP contribution in [-0.4, -0.2) is 44.8 Å². The first kappa shape index (κ1) is 11.7. The van der Waals surface area contributed by atoms with Gasteiger partial charge in [0.15, 0.2) is 6.23 Å². The van der Waals surface area contributed by atoms with E-state index in [1.165, 1.54) is 0 Å². The number of benzene rings is 1. The molecule has 1 aliphatic heterocycles. The highest BCUT2D eigenvalue weighted by Crippen LogP contribution is 2.32. The number of aromatic nitrogens is 1. The van der Waals surface area contributed by atoms with Crippen molar-refractivity contribution in [1.82, 2.24) is 4.57 Å². The smallest absolute Gasteiger partial charge is 0.163 e. The molecule has 2 heterocycles. The minimum Gasteiger partial charge on any atom is -0.394 e. The molecule has 1 fully saturated rings. The van der Waals surface area contributed by atoms with Gasteiger partial charge in [-0.15, -0.1) is 0 Å². The lowest BCUT2D eigenvalue weighted by atomic mass is 10.1. The van der Waals surface area contributed by atoms with Crippen LogP contribution in [0.25, 0.3) is 10.9 Å². The molecule has 0 aliphatic carbocycles. The molecular weight excluding hydrogens is 234 g/mol. The molecule has 5 nitrogen and oxygen atoms in total. The number of para-hydroxylation sites is 1. The SMILES string of the molecule is OCC1OC(n2ccc3ccccc32)C(O)C1O. The van der Waals surface area contributed by atoms with Gasteiger partial charge in [0.2, 0.25) is 0 Å². The van der Waals surface area contributed by atoms with E-state index in [-0.39, 0.29) is 6.61 Å². The zero-order valence-electron chi connectivity index (χ0n) is 9.68. The summed E-state index contributed by atoms with van der Waals surface area (Å²) in [7, 11) is 0. The third kappa shape index (κ3) is 1.64. The Morgan fingerprint density at radius 2 is 1.89 bits per heavy atom. The largest absolute Gasteiger partial charge is 0.394 e. The van der Waals surface area contributed by atoms with Gasteiger partial charge in [0.1, 0.15) is 18.3 Å². The van der Waals surface area contributed by atoms with E-state index < -0.39 is 24.5 Å². The summed E-state index contributed by atoms with van der Waals surface area (Å²) in [4.78, 5) is 0. The molecule has 1 aromatic carbocycles. The summed E-state index contributed by atoms with van der Waals surface area (Å²) < 4.78 is 7.28. The van der Waals surface area contributed by atoms with Crippen LogP contribution >= 0.6 is 0 Å². The fraction of sp³-hybridized carbons (Fsp3) is 0.385. The standard InChI is InChI=1S/C13H15NO4/c15-7-10-11(16)12(17)13(18-10)14-6-5-8-3-1-2-4-9(8)14/h1-6,10-13,15-17H,7H2. The minimum absolute atomic E-state index is 0.312. The van der Waals surface area contributed by atoms with Crippen molar-refractivity contribution >= 4 is 10.9 Å². The van der Waals surface area contributed by atoms with Crippen molar-refractivity contribution in [2.75, 3.05) is 6.61 Å². The summed E-state index contributed by atoms with van der Waals surface area (Å²) in [6.07, 6.45) is -1.72. The zero-order chi connectivity index (χ0) is 12.7. The van der Waals surface area contributed by atoms with Gasteiger partial charge >= 0.3 is 0 Å². The average Bonchev–Trinajstić information content (AvgIpc) is 2.93. The normalized spacial score (nSPS) is 32.2. The molecule has 0 spiro atoms. The number of ether oxygens (including phenoxy) is 1. The van der Waals surface area contributed by atoms with Crippen LogP contribution in [0.2, 0.25) is 0 Å². The number of aliphatic hydroxyl groups is 3. The van der Waals surface area contributed by atoms with Gasteiger partial charge in [0, 0.05) is 6.20 Å². The Morgan fingerprint density at radius 3 is 2.61 bits per heavy atom. The van der Waals surface area contributed by atoms with Crippen LogP contribution in [0.15, 0.2) is 36.5 Å². The first-order valence-corrected chi connectivity index (χ1v) is 5.90. The summed E-state index contributed by atoms with van der Waals surface area (Å²) >= 11 is 0. The van der Waals surface area contributed by atoms with Gasteiger partial charge in [0.25, 0.3) is 0 Å². The van der Waals surface area contributed by atoms with Crippen LogP contribution < -0.4 is 0 Å². The van der Waals surface area contributed by atoms with Gasteiger partial charge in [0.05, 0.1) is 12.1 Å². The highest BCUT2D eigenvalue weighted by molar-refractivity contribution is 5.80. The maximum absolute atomic E-state index is 9.98. The lowest BCUT2D eigenvalue weighted by Crippen LogP contribution is -2.33. The molecule has 18 heavy (non-hydrogen) atoms. The maximum atomic E-state index is 9.98. The van der Waals surface area contributed by atoms with Crippen LogP contribution in [0.5, 0.6) is 0 Å². The second-order valence-corrected chi connectivity index (χ2v) is 4.51. The summed E-state index contributed by atoms with van der Waals surface area (Å²) in [6.45, 7) is -0.312. The fourth-order valence-electron chi connectivity index (χ4n) is 2.44. The molecule has 0 amide bonds. The monoisotopic (exact) mass is 249 g/mol. The van der Waals surface area contributed by atoms with Gasteiger partial charge in [-0.3, -0.25) is 0 Å². The first-order chi connectivity index (χ1) is 8.72. The minimum atomic E-state index is -1.07. The highest BCUT2D eigenvalue weighted by Gasteiger charge is 2.43. The molecule has 0 radical (unpaired) electrons. The maximum Gasteiger partial charge on any atom is 0.163 e. The van der Waals surface area contributed by atoms with Crippen molar-refractivity contribution in [3.8, 4) is 0 Å².